The summed E-state index contributed by atoms with van der Waals surface area (Å²) in [5, 5.41) is 11.9. The average Bonchev–Trinajstić information content (AvgIpc) is 2.55. The van der Waals surface area contributed by atoms with E-state index in [9.17, 15) is 4.79 Å². The molecule has 0 atom stereocenters. The highest BCUT2D eigenvalue weighted by atomic mass is 16.5. The minimum atomic E-state index is -0.125. The van der Waals surface area contributed by atoms with Gasteiger partial charge >= 0.3 is 0 Å². The molecule has 2 rings (SSSR count). The maximum absolute atomic E-state index is 12.0. The van der Waals surface area contributed by atoms with E-state index in [2.05, 4.69) is 11.4 Å². The van der Waals surface area contributed by atoms with Gasteiger partial charge in [-0.05, 0) is 36.4 Å². The predicted octanol–water partition coefficient (Wildman–Crippen LogP) is 3.38. The molecule has 104 valence electrons. The number of anilines is 1. The van der Waals surface area contributed by atoms with Crippen LogP contribution in [0.3, 0.4) is 0 Å². The summed E-state index contributed by atoms with van der Waals surface area (Å²) in [7, 11) is 1.58. The molecule has 21 heavy (non-hydrogen) atoms. The van der Waals surface area contributed by atoms with Gasteiger partial charge in [-0.1, -0.05) is 12.1 Å². The van der Waals surface area contributed by atoms with Crippen LogP contribution in [0.25, 0.3) is 0 Å². The number of benzene rings is 2. The van der Waals surface area contributed by atoms with E-state index in [0.717, 1.165) is 0 Å². The number of nitrogens with zero attached hydrogens (tertiary/aromatic N) is 1. The second-order valence-corrected chi connectivity index (χ2v) is 4.23. The van der Waals surface area contributed by atoms with Crippen molar-refractivity contribution >= 4 is 11.5 Å². The lowest BCUT2D eigenvalue weighted by atomic mass is 10.1. The molecule has 0 radical (unpaired) electrons. The van der Waals surface area contributed by atoms with Gasteiger partial charge in [0.2, 0.25) is 0 Å². The smallest absolute Gasteiger partial charge is 0.187 e. The monoisotopic (exact) mass is 278 g/mol. The number of carbonyl (C=O) groups is 1. The molecule has 2 aromatic carbocycles. The molecule has 0 unspecified atom stereocenters. The van der Waals surface area contributed by atoms with Gasteiger partial charge in [-0.25, -0.2) is 0 Å². The predicted molar refractivity (Wildman–Crippen MR) is 81.2 cm³/mol. The van der Waals surface area contributed by atoms with Crippen LogP contribution in [0, 0.1) is 11.3 Å². The molecule has 0 aliphatic carbocycles. The highest BCUT2D eigenvalue weighted by Crippen LogP contribution is 2.14. The number of hydrogen-bond donors (Lipinski definition) is 1. The van der Waals surface area contributed by atoms with Crippen molar-refractivity contribution in [1.82, 2.24) is 0 Å². The van der Waals surface area contributed by atoms with Crippen LogP contribution >= 0.6 is 0 Å². The number of carbonyl (C=O) groups excluding carboxylic acids is 1. The summed E-state index contributed by atoms with van der Waals surface area (Å²) >= 11 is 0. The van der Waals surface area contributed by atoms with Gasteiger partial charge in [0.1, 0.15) is 11.8 Å². The van der Waals surface area contributed by atoms with Crippen molar-refractivity contribution in [3.8, 4) is 11.8 Å². The summed E-state index contributed by atoms with van der Waals surface area (Å²) in [5.41, 5.74) is 1.76. The van der Waals surface area contributed by atoms with Crippen LogP contribution < -0.4 is 10.1 Å². The number of hydrogen-bond acceptors (Lipinski definition) is 4. The summed E-state index contributed by atoms with van der Waals surface area (Å²) in [6.45, 7) is 0. The Morgan fingerprint density at radius 1 is 1.19 bits per heavy atom. The van der Waals surface area contributed by atoms with E-state index in [0.29, 0.717) is 22.6 Å². The maximum atomic E-state index is 12.0. The Hall–Kier alpha value is -3.06. The first kappa shape index (κ1) is 14.4. The van der Waals surface area contributed by atoms with E-state index in [1.165, 1.54) is 12.3 Å². The normalized spacial score (nSPS) is 10.1. The van der Waals surface area contributed by atoms with Crippen LogP contribution in [0.2, 0.25) is 0 Å². The number of nitrogens with one attached hydrogen (secondary N) is 1. The highest BCUT2D eigenvalue weighted by molar-refractivity contribution is 6.04. The number of rotatable bonds is 5. The van der Waals surface area contributed by atoms with Crippen LogP contribution in [0.15, 0.2) is 60.8 Å². The molecule has 4 heteroatoms. The molecule has 0 fully saturated rings. The van der Waals surface area contributed by atoms with Gasteiger partial charge in [0, 0.05) is 17.8 Å². The molecule has 0 heterocycles. The Morgan fingerprint density at radius 2 is 1.90 bits per heavy atom. The molecular weight excluding hydrogens is 264 g/mol. The minimum absolute atomic E-state index is 0.125. The Balaban J connectivity index is 2.03. The number of allylic oxidation sites excluding steroid dienone is 1. The van der Waals surface area contributed by atoms with E-state index in [1.807, 2.05) is 6.07 Å². The fraction of sp³-hybridized carbons (Fsp3) is 0.0588. The fourth-order valence-corrected chi connectivity index (χ4v) is 1.77. The quantitative estimate of drug-likeness (QED) is 0.672. The van der Waals surface area contributed by atoms with Crippen LogP contribution in [-0.4, -0.2) is 12.9 Å². The zero-order chi connectivity index (χ0) is 15.1. The third-order valence-electron chi connectivity index (χ3n) is 2.90. The third kappa shape index (κ3) is 3.71. The first-order valence-electron chi connectivity index (χ1n) is 6.35. The fourth-order valence-electron chi connectivity index (χ4n) is 1.77. The van der Waals surface area contributed by atoms with Crippen molar-refractivity contribution in [3.63, 3.8) is 0 Å². The summed E-state index contributed by atoms with van der Waals surface area (Å²) in [6, 6.07) is 16.1. The highest BCUT2D eigenvalue weighted by Gasteiger charge is 2.02. The van der Waals surface area contributed by atoms with Crippen molar-refractivity contribution in [2.75, 3.05) is 12.4 Å². The Labute approximate surface area is 123 Å². The first-order chi connectivity index (χ1) is 10.2. The summed E-state index contributed by atoms with van der Waals surface area (Å²) in [6.07, 6.45) is 2.96. The molecular formula is C17H14N2O2. The summed E-state index contributed by atoms with van der Waals surface area (Å²) in [5.74, 6) is 0.580. The number of para-hydroxylation sites is 1. The molecule has 0 spiro atoms. The maximum Gasteiger partial charge on any atom is 0.187 e. The number of ketones is 1. The number of ether oxygens (including phenoxy) is 1. The summed E-state index contributed by atoms with van der Waals surface area (Å²) < 4.78 is 5.04. The van der Waals surface area contributed by atoms with Crippen molar-refractivity contribution in [1.29, 1.82) is 5.26 Å². The number of nitriles is 1. The molecule has 0 saturated carbocycles. The van der Waals surface area contributed by atoms with Gasteiger partial charge in [0.15, 0.2) is 5.78 Å². The molecule has 0 aliphatic heterocycles. The third-order valence-corrected chi connectivity index (χ3v) is 2.90. The van der Waals surface area contributed by atoms with Crippen molar-refractivity contribution in [3.05, 3.63) is 71.9 Å². The van der Waals surface area contributed by atoms with Gasteiger partial charge in [0.25, 0.3) is 0 Å². The van der Waals surface area contributed by atoms with Gasteiger partial charge < -0.3 is 10.1 Å². The van der Waals surface area contributed by atoms with Crippen LogP contribution in [0.4, 0.5) is 5.69 Å². The second kappa shape index (κ2) is 6.92. The van der Waals surface area contributed by atoms with Gasteiger partial charge in [-0.3, -0.25) is 4.79 Å². The SMILES string of the molecule is COc1ccc(C(=O)C=CNc2ccccc2C#N)cc1. The molecule has 0 saturated heterocycles. The summed E-state index contributed by atoms with van der Waals surface area (Å²) in [4.78, 5) is 12.0. The van der Waals surface area contributed by atoms with Gasteiger partial charge in [-0.2, -0.15) is 5.26 Å². The van der Waals surface area contributed by atoms with Crippen LogP contribution in [-0.2, 0) is 0 Å². The molecule has 1 N–H and O–H groups in total. The average molecular weight is 278 g/mol. The zero-order valence-electron chi connectivity index (χ0n) is 11.5. The lowest BCUT2D eigenvalue weighted by Gasteiger charge is -2.02. The topological polar surface area (TPSA) is 62.1 Å². The Morgan fingerprint density at radius 3 is 2.57 bits per heavy atom. The Bertz CT molecular complexity index is 697. The molecule has 4 nitrogen and oxygen atoms in total. The lowest BCUT2D eigenvalue weighted by molar-refractivity contribution is 0.104. The standard InChI is InChI=1S/C17H14N2O2/c1-21-15-8-6-13(7-9-15)17(20)10-11-19-16-5-3-2-4-14(16)12-18/h2-11,19H,1H3. The van der Waals surface area contributed by atoms with Crippen molar-refractivity contribution in [2.24, 2.45) is 0 Å². The minimum Gasteiger partial charge on any atom is -0.497 e. The molecule has 2 aromatic rings. The lowest BCUT2D eigenvalue weighted by Crippen LogP contribution is -1.97. The van der Waals surface area contributed by atoms with E-state index < -0.39 is 0 Å². The van der Waals surface area contributed by atoms with Crippen LogP contribution in [0.5, 0.6) is 5.75 Å². The van der Waals surface area contributed by atoms with Gasteiger partial charge in [-0.15, -0.1) is 0 Å². The molecule has 0 amide bonds. The van der Waals surface area contributed by atoms with E-state index in [1.54, 1.807) is 49.6 Å². The zero-order valence-corrected chi connectivity index (χ0v) is 11.5. The van der Waals surface area contributed by atoms with Gasteiger partial charge in [0.05, 0.1) is 18.4 Å². The van der Waals surface area contributed by atoms with Crippen molar-refractivity contribution < 1.29 is 9.53 Å². The van der Waals surface area contributed by atoms with Crippen molar-refractivity contribution in [2.45, 2.75) is 0 Å². The van der Waals surface area contributed by atoms with E-state index >= 15 is 0 Å². The van der Waals surface area contributed by atoms with E-state index in [4.69, 9.17) is 10.00 Å². The second-order valence-electron chi connectivity index (χ2n) is 4.23. The molecule has 0 aliphatic rings. The first-order valence-corrected chi connectivity index (χ1v) is 6.35. The number of methoxy groups -OCH3 is 1. The Kier molecular flexibility index (Phi) is 4.73. The molecule has 0 aromatic heterocycles. The van der Waals surface area contributed by atoms with Crippen LogP contribution in [0.1, 0.15) is 15.9 Å². The largest absolute Gasteiger partial charge is 0.497 e. The van der Waals surface area contributed by atoms with E-state index in [-0.39, 0.29) is 5.78 Å². The molecule has 0 bridgehead atoms.